The maximum absolute atomic E-state index is 12.6. The van der Waals surface area contributed by atoms with Gasteiger partial charge in [0.2, 0.25) is 11.8 Å². The lowest BCUT2D eigenvalue weighted by Gasteiger charge is -2.39. The Balaban J connectivity index is 1.39. The Labute approximate surface area is 163 Å². The van der Waals surface area contributed by atoms with E-state index in [1.54, 1.807) is 0 Å². The molecule has 2 amide bonds. The molecule has 154 valence electrons. The summed E-state index contributed by atoms with van der Waals surface area (Å²) in [6.07, 6.45) is 3.71. The van der Waals surface area contributed by atoms with E-state index in [2.05, 4.69) is 21.6 Å². The zero-order valence-corrected chi connectivity index (χ0v) is 17.2. The number of piperazine rings is 1. The average Bonchev–Trinajstić information content (AvgIpc) is 2.63. The second kappa shape index (κ2) is 9.34. The van der Waals surface area contributed by atoms with Gasteiger partial charge in [-0.15, -0.1) is 0 Å². The Hall–Kier alpha value is -1.18. The van der Waals surface area contributed by atoms with E-state index in [0.717, 1.165) is 45.6 Å². The summed E-state index contributed by atoms with van der Waals surface area (Å²) in [6, 6.07) is 0.378. The number of rotatable bonds is 4. The van der Waals surface area contributed by atoms with Crippen LogP contribution in [0.4, 0.5) is 0 Å². The first-order chi connectivity index (χ1) is 12.9. The molecule has 3 atom stereocenters. The molecule has 0 N–H and O–H groups in total. The van der Waals surface area contributed by atoms with Crippen LogP contribution in [0.15, 0.2) is 0 Å². The predicted octanol–water partition coefficient (Wildman–Crippen LogP) is 0.641. The van der Waals surface area contributed by atoms with Crippen LogP contribution in [0.1, 0.15) is 40.0 Å². The molecular formula is C20H36N4O3. The number of likely N-dealkylation sites (tertiary alicyclic amines) is 1. The van der Waals surface area contributed by atoms with Crippen molar-refractivity contribution in [3.63, 3.8) is 0 Å². The van der Waals surface area contributed by atoms with E-state index in [9.17, 15) is 9.59 Å². The molecule has 3 rings (SSSR count). The Kier molecular flexibility index (Phi) is 7.11. The SMILES string of the molecule is CC1CN(C(=O)CN2CCN(CC(=O)N3CCCCC3C)CC2)CC(C)O1. The second-order valence-corrected chi connectivity index (χ2v) is 8.54. The number of carbonyl (C=O) groups excluding carboxylic acids is 2. The van der Waals surface area contributed by atoms with Crippen molar-refractivity contribution >= 4 is 11.8 Å². The number of nitrogens with zero attached hydrogens (tertiary/aromatic N) is 4. The highest BCUT2D eigenvalue weighted by atomic mass is 16.5. The van der Waals surface area contributed by atoms with Crippen LogP contribution < -0.4 is 0 Å². The van der Waals surface area contributed by atoms with Crippen molar-refractivity contribution in [2.45, 2.75) is 58.3 Å². The van der Waals surface area contributed by atoms with E-state index < -0.39 is 0 Å². The van der Waals surface area contributed by atoms with Gasteiger partial charge in [-0.1, -0.05) is 0 Å². The van der Waals surface area contributed by atoms with Crippen molar-refractivity contribution in [3.8, 4) is 0 Å². The van der Waals surface area contributed by atoms with Crippen LogP contribution in [0.25, 0.3) is 0 Å². The lowest BCUT2D eigenvalue weighted by molar-refractivity contribution is -0.145. The van der Waals surface area contributed by atoms with Crippen molar-refractivity contribution in [2.24, 2.45) is 0 Å². The number of hydrogen-bond donors (Lipinski definition) is 0. The van der Waals surface area contributed by atoms with Gasteiger partial charge < -0.3 is 14.5 Å². The van der Waals surface area contributed by atoms with Gasteiger partial charge in [0.1, 0.15) is 0 Å². The van der Waals surface area contributed by atoms with Crippen LogP contribution in [0, 0.1) is 0 Å². The molecule has 3 aliphatic rings. The zero-order chi connectivity index (χ0) is 19.4. The average molecular weight is 381 g/mol. The van der Waals surface area contributed by atoms with Gasteiger partial charge in [0.05, 0.1) is 25.3 Å². The predicted molar refractivity (Wildman–Crippen MR) is 104 cm³/mol. The van der Waals surface area contributed by atoms with E-state index in [0.29, 0.717) is 32.2 Å². The Morgan fingerprint density at radius 3 is 1.93 bits per heavy atom. The van der Waals surface area contributed by atoms with Crippen molar-refractivity contribution in [1.82, 2.24) is 19.6 Å². The van der Waals surface area contributed by atoms with Gasteiger partial charge in [-0.2, -0.15) is 0 Å². The van der Waals surface area contributed by atoms with E-state index in [-0.39, 0.29) is 24.0 Å². The summed E-state index contributed by atoms with van der Waals surface area (Å²) in [5.41, 5.74) is 0. The van der Waals surface area contributed by atoms with Crippen LogP contribution in [0.3, 0.4) is 0 Å². The molecule has 0 aromatic heterocycles. The standard InChI is InChI=1S/C20H36N4O3/c1-16-6-4-5-7-24(16)20(26)15-22-10-8-21(9-11-22)14-19(25)23-12-17(2)27-18(3)13-23/h16-18H,4-15H2,1-3H3. The fraction of sp³-hybridized carbons (Fsp3) is 0.900. The maximum atomic E-state index is 12.6. The topological polar surface area (TPSA) is 56.3 Å². The van der Waals surface area contributed by atoms with Gasteiger partial charge in [0, 0.05) is 51.9 Å². The summed E-state index contributed by atoms with van der Waals surface area (Å²) in [4.78, 5) is 33.7. The van der Waals surface area contributed by atoms with Crippen LogP contribution in [0.5, 0.6) is 0 Å². The van der Waals surface area contributed by atoms with Gasteiger partial charge in [-0.25, -0.2) is 0 Å². The number of amides is 2. The summed E-state index contributed by atoms with van der Waals surface area (Å²) in [5.74, 6) is 0.465. The molecule has 0 aliphatic carbocycles. The van der Waals surface area contributed by atoms with Gasteiger partial charge in [-0.05, 0) is 40.0 Å². The number of hydrogen-bond acceptors (Lipinski definition) is 5. The van der Waals surface area contributed by atoms with Crippen LogP contribution >= 0.6 is 0 Å². The molecular weight excluding hydrogens is 344 g/mol. The van der Waals surface area contributed by atoms with Crippen LogP contribution in [-0.4, -0.2) is 109 Å². The maximum Gasteiger partial charge on any atom is 0.236 e. The van der Waals surface area contributed by atoms with Gasteiger partial charge in [0.15, 0.2) is 0 Å². The number of piperidine rings is 1. The van der Waals surface area contributed by atoms with E-state index in [1.807, 2.05) is 18.7 Å². The molecule has 3 saturated heterocycles. The number of carbonyl (C=O) groups is 2. The smallest absolute Gasteiger partial charge is 0.236 e. The van der Waals surface area contributed by atoms with E-state index >= 15 is 0 Å². The molecule has 3 aliphatic heterocycles. The zero-order valence-electron chi connectivity index (χ0n) is 17.2. The fourth-order valence-corrected chi connectivity index (χ4v) is 4.53. The highest BCUT2D eigenvalue weighted by Gasteiger charge is 2.29. The Morgan fingerprint density at radius 1 is 0.815 bits per heavy atom. The van der Waals surface area contributed by atoms with Gasteiger partial charge in [-0.3, -0.25) is 19.4 Å². The van der Waals surface area contributed by atoms with E-state index in [1.165, 1.54) is 6.42 Å². The molecule has 3 heterocycles. The summed E-state index contributed by atoms with van der Waals surface area (Å²) in [6.45, 7) is 12.9. The van der Waals surface area contributed by atoms with Crippen molar-refractivity contribution in [2.75, 3.05) is 58.9 Å². The minimum atomic E-state index is 0.109. The van der Waals surface area contributed by atoms with Crippen LogP contribution in [0.2, 0.25) is 0 Å². The lowest BCUT2D eigenvalue weighted by Crippen LogP contribution is -2.55. The highest BCUT2D eigenvalue weighted by molar-refractivity contribution is 5.79. The van der Waals surface area contributed by atoms with Crippen molar-refractivity contribution in [1.29, 1.82) is 0 Å². The van der Waals surface area contributed by atoms with Crippen molar-refractivity contribution in [3.05, 3.63) is 0 Å². The first-order valence-corrected chi connectivity index (χ1v) is 10.6. The molecule has 3 fully saturated rings. The minimum Gasteiger partial charge on any atom is -0.372 e. The normalized spacial score (nSPS) is 31.1. The second-order valence-electron chi connectivity index (χ2n) is 8.54. The summed E-state index contributed by atoms with van der Waals surface area (Å²) in [5, 5.41) is 0. The molecule has 27 heavy (non-hydrogen) atoms. The quantitative estimate of drug-likeness (QED) is 0.717. The van der Waals surface area contributed by atoms with E-state index in [4.69, 9.17) is 4.74 Å². The third-order valence-electron chi connectivity index (χ3n) is 6.08. The first-order valence-electron chi connectivity index (χ1n) is 10.6. The van der Waals surface area contributed by atoms with Gasteiger partial charge >= 0.3 is 0 Å². The highest BCUT2D eigenvalue weighted by Crippen LogP contribution is 2.17. The Morgan fingerprint density at radius 2 is 1.37 bits per heavy atom. The third-order valence-corrected chi connectivity index (χ3v) is 6.08. The molecule has 0 radical (unpaired) electrons. The van der Waals surface area contributed by atoms with Crippen molar-refractivity contribution < 1.29 is 14.3 Å². The molecule has 0 bridgehead atoms. The largest absolute Gasteiger partial charge is 0.372 e. The number of ether oxygens (including phenoxy) is 1. The molecule has 0 aromatic rings. The fourth-order valence-electron chi connectivity index (χ4n) is 4.53. The summed E-state index contributed by atoms with van der Waals surface area (Å²) >= 11 is 0. The lowest BCUT2D eigenvalue weighted by atomic mass is 10.0. The summed E-state index contributed by atoms with van der Waals surface area (Å²) < 4.78 is 5.71. The van der Waals surface area contributed by atoms with Crippen LogP contribution in [-0.2, 0) is 14.3 Å². The minimum absolute atomic E-state index is 0.109. The summed E-state index contributed by atoms with van der Waals surface area (Å²) in [7, 11) is 0. The Bertz CT molecular complexity index is 511. The molecule has 7 nitrogen and oxygen atoms in total. The molecule has 7 heteroatoms. The third kappa shape index (κ3) is 5.65. The molecule has 3 unspecified atom stereocenters. The molecule has 0 saturated carbocycles. The monoisotopic (exact) mass is 380 g/mol. The first kappa shape index (κ1) is 20.6. The number of morpholine rings is 1. The molecule has 0 spiro atoms. The van der Waals surface area contributed by atoms with Gasteiger partial charge in [0.25, 0.3) is 0 Å². The molecule has 0 aromatic carbocycles.